The van der Waals surface area contributed by atoms with Crippen LogP contribution in [0.1, 0.15) is 12.0 Å². The van der Waals surface area contributed by atoms with Gasteiger partial charge >= 0.3 is 0 Å². The lowest BCUT2D eigenvalue weighted by molar-refractivity contribution is 0.167. The Labute approximate surface area is 123 Å². The van der Waals surface area contributed by atoms with E-state index in [0.717, 1.165) is 36.2 Å². The standard InChI is InChI=1S/C16H18N2O3/c17-16(18-19)14-5-6-15(13-4-2-1-3-12(13)14)21-10-11-7-8-20-9-11/h1-6,11,19H,7-10H2,(H2,17,18). The first-order chi connectivity index (χ1) is 10.3. The zero-order valence-electron chi connectivity index (χ0n) is 11.7. The van der Waals surface area contributed by atoms with Gasteiger partial charge in [0.2, 0.25) is 0 Å². The maximum atomic E-state index is 8.88. The molecule has 110 valence electrons. The van der Waals surface area contributed by atoms with Crippen molar-refractivity contribution >= 4 is 16.6 Å². The van der Waals surface area contributed by atoms with Crippen LogP contribution in [0.3, 0.4) is 0 Å². The van der Waals surface area contributed by atoms with E-state index in [4.69, 9.17) is 20.4 Å². The molecule has 0 aliphatic carbocycles. The zero-order chi connectivity index (χ0) is 14.7. The van der Waals surface area contributed by atoms with Gasteiger partial charge in [-0.15, -0.1) is 0 Å². The third-order valence-electron chi connectivity index (χ3n) is 3.77. The summed E-state index contributed by atoms with van der Waals surface area (Å²) in [5.74, 6) is 1.36. The molecule has 0 aromatic heterocycles. The number of nitrogens with two attached hydrogens (primary N) is 1. The monoisotopic (exact) mass is 286 g/mol. The quantitative estimate of drug-likeness (QED) is 0.391. The van der Waals surface area contributed by atoms with E-state index in [9.17, 15) is 0 Å². The summed E-state index contributed by atoms with van der Waals surface area (Å²) in [5, 5.41) is 13.8. The maximum absolute atomic E-state index is 8.88. The van der Waals surface area contributed by atoms with Crippen LogP contribution in [0.2, 0.25) is 0 Å². The Bertz CT molecular complexity index is 664. The van der Waals surface area contributed by atoms with E-state index in [1.165, 1.54) is 0 Å². The van der Waals surface area contributed by atoms with Gasteiger partial charge in [0.25, 0.3) is 0 Å². The second-order valence-electron chi connectivity index (χ2n) is 5.18. The summed E-state index contributed by atoms with van der Waals surface area (Å²) in [5.41, 5.74) is 6.43. The topological polar surface area (TPSA) is 77.1 Å². The molecule has 2 aromatic rings. The van der Waals surface area contributed by atoms with Gasteiger partial charge in [-0.1, -0.05) is 29.4 Å². The molecule has 0 radical (unpaired) electrons. The van der Waals surface area contributed by atoms with Gasteiger partial charge < -0.3 is 20.4 Å². The molecule has 1 heterocycles. The lowest BCUT2D eigenvalue weighted by atomic mass is 10.0. The molecule has 1 aliphatic heterocycles. The predicted octanol–water partition coefficient (Wildman–Crippen LogP) is 2.35. The van der Waals surface area contributed by atoms with Crippen molar-refractivity contribution in [3.8, 4) is 5.75 Å². The number of ether oxygens (including phenoxy) is 2. The van der Waals surface area contributed by atoms with E-state index in [1.54, 1.807) is 0 Å². The van der Waals surface area contributed by atoms with Crippen molar-refractivity contribution in [1.82, 2.24) is 0 Å². The number of hydrogen-bond donors (Lipinski definition) is 2. The van der Waals surface area contributed by atoms with Crippen LogP contribution in [0.25, 0.3) is 10.8 Å². The van der Waals surface area contributed by atoms with Crippen molar-refractivity contribution in [2.45, 2.75) is 6.42 Å². The molecule has 21 heavy (non-hydrogen) atoms. The van der Waals surface area contributed by atoms with Gasteiger partial charge in [-0.3, -0.25) is 0 Å². The Morgan fingerprint density at radius 1 is 1.29 bits per heavy atom. The fourth-order valence-electron chi connectivity index (χ4n) is 2.60. The summed E-state index contributed by atoms with van der Waals surface area (Å²) in [6.07, 6.45) is 1.04. The summed E-state index contributed by atoms with van der Waals surface area (Å²) in [4.78, 5) is 0. The van der Waals surface area contributed by atoms with Crippen LogP contribution in [-0.2, 0) is 4.74 Å². The lowest BCUT2D eigenvalue weighted by Crippen LogP contribution is -2.14. The molecule has 1 unspecified atom stereocenters. The number of oxime groups is 1. The molecule has 0 bridgehead atoms. The Kier molecular flexibility index (Phi) is 3.92. The lowest BCUT2D eigenvalue weighted by Gasteiger charge is -2.14. The Morgan fingerprint density at radius 2 is 2.10 bits per heavy atom. The number of hydrogen-bond acceptors (Lipinski definition) is 4. The third kappa shape index (κ3) is 2.78. The highest BCUT2D eigenvalue weighted by atomic mass is 16.5. The van der Waals surface area contributed by atoms with Crippen LogP contribution < -0.4 is 10.5 Å². The third-order valence-corrected chi connectivity index (χ3v) is 3.77. The van der Waals surface area contributed by atoms with Crippen LogP contribution in [0.4, 0.5) is 0 Å². The highest BCUT2D eigenvalue weighted by molar-refractivity contribution is 6.10. The fourth-order valence-corrected chi connectivity index (χ4v) is 2.60. The second-order valence-corrected chi connectivity index (χ2v) is 5.18. The molecule has 5 nitrogen and oxygen atoms in total. The average Bonchev–Trinajstić information content (AvgIpc) is 3.05. The normalized spacial score (nSPS) is 19.0. The summed E-state index contributed by atoms with van der Waals surface area (Å²) in [6.45, 7) is 2.23. The zero-order valence-corrected chi connectivity index (χ0v) is 11.7. The van der Waals surface area contributed by atoms with Gasteiger partial charge in [0, 0.05) is 23.5 Å². The van der Waals surface area contributed by atoms with Crippen LogP contribution >= 0.6 is 0 Å². The van der Waals surface area contributed by atoms with Crippen LogP contribution in [0.15, 0.2) is 41.6 Å². The number of fused-ring (bicyclic) bond motifs is 1. The maximum Gasteiger partial charge on any atom is 0.170 e. The molecule has 1 saturated heterocycles. The molecular weight excluding hydrogens is 268 g/mol. The first-order valence-corrected chi connectivity index (χ1v) is 7.00. The predicted molar refractivity (Wildman–Crippen MR) is 80.9 cm³/mol. The van der Waals surface area contributed by atoms with E-state index >= 15 is 0 Å². The first-order valence-electron chi connectivity index (χ1n) is 7.00. The van der Waals surface area contributed by atoms with Crippen molar-refractivity contribution in [2.75, 3.05) is 19.8 Å². The molecule has 1 atom stereocenters. The number of nitrogens with zero attached hydrogens (tertiary/aromatic N) is 1. The van der Waals surface area contributed by atoms with Gasteiger partial charge in [0.1, 0.15) is 5.75 Å². The molecule has 0 spiro atoms. The van der Waals surface area contributed by atoms with Crippen molar-refractivity contribution in [2.24, 2.45) is 16.8 Å². The molecule has 1 aliphatic rings. The number of amidine groups is 1. The minimum absolute atomic E-state index is 0.0990. The summed E-state index contributed by atoms with van der Waals surface area (Å²) in [6, 6.07) is 11.5. The van der Waals surface area contributed by atoms with Crippen molar-refractivity contribution in [3.63, 3.8) is 0 Å². The number of rotatable bonds is 4. The van der Waals surface area contributed by atoms with Crippen molar-refractivity contribution < 1.29 is 14.7 Å². The molecule has 1 fully saturated rings. The van der Waals surface area contributed by atoms with E-state index in [0.29, 0.717) is 18.1 Å². The average molecular weight is 286 g/mol. The van der Waals surface area contributed by atoms with Crippen molar-refractivity contribution in [3.05, 3.63) is 42.0 Å². The first kappa shape index (κ1) is 13.7. The van der Waals surface area contributed by atoms with E-state index in [1.807, 2.05) is 36.4 Å². The van der Waals surface area contributed by atoms with Crippen LogP contribution in [0, 0.1) is 5.92 Å². The Hall–Kier alpha value is -2.27. The fraction of sp³-hybridized carbons (Fsp3) is 0.312. The molecule has 0 saturated carbocycles. The van der Waals surface area contributed by atoms with E-state index in [-0.39, 0.29) is 5.84 Å². The second kappa shape index (κ2) is 6.01. The van der Waals surface area contributed by atoms with Gasteiger partial charge in [-0.25, -0.2) is 0 Å². The Morgan fingerprint density at radius 3 is 2.81 bits per heavy atom. The largest absolute Gasteiger partial charge is 0.493 e. The molecule has 3 N–H and O–H groups in total. The van der Waals surface area contributed by atoms with Gasteiger partial charge in [0.15, 0.2) is 5.84 Å². The Balaban J connectivity index is 1.92. The molecule has 3 rings (SSSR count). The highest BCUT2D eigenvalue weighted by Crippen LogP contribution is 2.29. The van der Waals surface area contributed by atoms with Gasteiger partial charge in [-0.2, -0.15) is 0 Å². The van der Waals surface area contributed by atoms with Gasteiger partial charge in [0.05, 0.1) is 13.2 Å². The summed E-state index contributed by atoms with van der Waals surface area (Å²) < 4.78 is 11.3. The SMILES string of the molecule is N/C(=N/O)c1ccc(OCC2CCOC2)c2ccccc12. The van der Waals surface area contributed by atoms with Gasteiger partial charge in [-0.05, 0) is 23.9 Å². The molecule has 5 heteroatoms. The summed E-state index contributed by atoms with van der Waals surface area (Å²) >= 11 is 0. The number of benzene rings is 2. The van der Waals surface area contributed by atoms with Crippen LogP contribution in [-0.4, -0.2) is 30.9 Å². The minimum atomic E-state index is 0.0990. The molecular formula is C16H18N2O3. The van der Waals surface area contributed by atoms with E-state index < -0.39 is 0 Å². The van der Waals surface area contributed by atoms with Crippen LogP contribution in [0.5, 0.6) is 5.75 Å². The highest BCUT2D eigenvalue weighted by Gasteiger charge is 2.17. The summed E-state index contributed by atoms with van der Waals surface area (Å²) in [7, 11) is 0. The molecule has 0 amide bonds. The van der Waals surface area contributed by atoms with Crippen molar-refractivity contribution in [1.29, 1.82) is 0 Å². The smallest absolute Gasteiger partial charge is 0.170 e. The minimum Gasteiger partial charge on any atom is -0.493 e. The molecule has 2 aromatic carbocycles. The van der Waals surface area contributed by atoms with E-state index in [2.05, 4.69) is 5.16 Å².